The predicted molar refractivity (Wildman–Crippen MR) is 65.5 cm³/mol. The lowest BCUT2D eigenvalue weighted by Crippen LogP contribution is -2.77. The van der Waals surface area contributed by atoms with Gasteiger partial charge >= 0.3 is 0 Å². The smallest absolute Gasteiger partial charge is 0.195 e. The first kappa shape index (κ1) is 11.2. The average molecular weight is 252 g/mol. The summed E-state index contributed by atoms with van der Waals surface area (Å²) in [6.07, 6.45) is 0. The molecule has 0 amide bonds. The Morgan fingerprint density at radius 2 is 1.94 bits per heavy atom. The molecule has 2 aliphatic rings. The fraction of sp³-hybridized carbons (Fsp3) is 0.500. The zero-order valence-corrected chi connectivity index (χ0v) is 10.5. The molecule has 2 aliphatic heterocycles. The van der Waals surface area contributed by atoms with E-state index in [1.54, 1.807) is 12.1 Å². The molecule has 1 atom stereocenters. The van der Waals surface area contributed by atoms with Crippen LogP contribution in [0.3, 0.4) is 0 Å². The highest BCUT2D eigenvalue weighted by Gasteiger charge is 2.57. The number of benzene rings is 1. The molecule has 2 N–H and O–H groups in total. The van der Waals surface area contributed by atoms with E-state index in [1.165, 1.54) is 0 Å². The minimum absolute atomic E-state index is 0.0683. The predicted octanol–water partition coefficient (Wildman–Crippen LogP) is 0.288. The molecular weight excluding hydrogens is 236 g/mol. The standard InChI is InChI=1S/C12H16N2O2S/c1-9-4-2-3-5-10(9)17(15,16)11-12(8-14-11)6-13-7-12/h2-5,11,13-14H,6-8H2,1H3. The maximum Gasteiger partial charge on any atom is 0.195 e. The molecule has 0 bridgehead atoms. The van der Waals surface area contributed by atoms with Crippen molar-refractivity contribution in [1.82, 2.24) is 10.6 Å². The zero-order valence-electron chi connectivity index (χ0n) is 9.73. The molecule has 2 heterocycles. The number of aryl methyl sites for hydroxylation is 1. The van der Waals surface area contributed by atoms with Gasteiger partial charge in [-0.25, -0.2) is 8.42 Å². The SMILES string of the molecule is Cc1ccccc1S(=O)(=O)C1NCC12CNC2. The van der Waals surface area contributed by atoms with Crippen LogP contribution in [0.4, 0.5) is 0 Å². The van der Waals surface area contributed by atoms with Crippen molar-refractivity contribution in [2.24, 2.45) is 5.41 Å². The number of nitrogens with one attached hydrogen (secondary N) is 2. The van der Waals surface area contributed by atoms with Crippen molar-refractivity contribution in [3.8, 4) is 0 Å². The summed E-state index contributed by atoms with van der Waals surface area (Å²) < 4.78 is 25.1. The van der Waals surface area contributed by atoms with Crippen LogP contribution in [0, 0.1) is 12.3 Å². The Hall–Kier alpha value is -0.910. The lowest BCUT2D eigenvalue weighted by Gasteiger charge is -2.55. The number of rotatable bonds is 2. The lowest BCUT2D eigenvalue weighted by molar-refractivity contribution is 0.0641. The molecule has 2 saturated heterocycles. The fourth-order valence-electron chi connectivity index (χ4n) is 2.67. The van der Waals surface area contributed by atoms with Crippen molar-refractivity contribution in [1.29, 1.82) is 0 Å². The molecule has 1 aromatic rings. The minimum Gasteiger partial charge on any atom is -0.315 e. The van der Waals surface area contributed by atoms with Gasteiger partial charge in [0.1, 0.15) is 5.37 Å². The monoisotopic (exact) mass is 252 g/mol. The van der Waals surface area contributed by atoms with Crippen molar-refractivity contribution < 1.29 is 8.42 Å². The van der Waals surface area contributed by atoms with E-state index in [9.17, 15) is 8.42 Å². The third-order valence-corrected chi connectivity index (χ3v) is 6.22. The molecule has 17 heavy (non-hydrogen) atoms. The summed E-state index contributed by atoms with van der Waals surface area (Å²) in [4.78, 5) is 0.462. The van der Waals surface area contributed by atoms with Gasteiger partial charge in [0.25, 0.3) is 0 Å². The molecule has 0 aromatic heterocycles. The third-order valence-electron chi connectivity index (χ3n) is 3.86. The summed E-state index contributed by atoms with van der Waals surface area (Å²) in [6, 6.07) is 7.19. The van der Waals surface area contributed by atoms with Gasteiger partial charge in [0.05, 0.1) is 4.90 Å². The molecule has 5 heteroatoms. The van der Waals surface area contributed by atoms with Gasteiger partial charge in [0.15, 0.2) is 9.84 Å². The minimum atomic E-state index is -3.25. The summed E-state index contributed by atoms with van der Waals surface area (Å²) in [6.45, 7) is 4.25. The van der Waals surface area contributed by atoms with E-state index in [4.69, 9.17) is 0 Å². The number of sulfone groups is 1. The highest BCUT2D eigenvalue weighted by molar-refractivity contribution is 7.92. The molecule has 0 radical (unpaired) electrons. The van der Waals surface area contributed by atoms with Gasteiger partial charge in [0.2, 0.25) is 0 Å². The van der Waals surface area contributed by atoms with Crippen molar-refractivity contribution >= 4 is 9.84 Å². The lowest BCUT2D eigenvalue weighted by atomic mass is 9.76. The van der Waals surface area contributed by atoms with Crippen LogP contribution in [0.1, 0.15) is 5.56 Å². The highest BCUT2D eigenvalue weighted by atomic mass is 32.2. The Bertz CT molecular complexity index is 544. The second-order valence-electron chi connectivity index (χ2n) is 5.04. The van der Waals surface area contributed by atoms with E-state index in [0.29, 0.717) is 4.90 Å². The van der Waals surface area contributed by atoms with Gasteiger partial charge in [-0.05, 0) is 18.6 Å². The summed E-state index contributed by atoms with van der Waals surface area (Å²) in [5, 5.41) is 5.82. The second kappa shape index (κ2) is 3.54. The Kier molecular flexibility index (Phi) is 2.33. The van der Waals surface area contributed by atoms with Crippen LogP contribution in [0.2, 0.25) is 0 Å². The van der Waals surface area contributed by atoms with Crippen molar-refractivity contribution in [3.63, 3.8) is 0 Å². The van der Waals surface area contributed by atoms with Crippen LogP contribution in [0.5, 0.6) is 0 Å². The maximum atomic E-state index is 12.6. The van der Waals surface area contributed by atoms with E-state index >= 15 is 0 Å². The largest absolute Gasteiger partial charge is 0.315 e. The van der Waals surface area contributed by atoms with Gasteiger partial charge in [-0.1, -0.05) is 18.2 Å². The van der Waals surface area contributed by atoms with Crippen molar-refractivity contribution in [2.75, 3.05) is 19.6 Å². The number of hydrogen-bond acceptors (Lipinski definition) is 4. The second-order valence-corrected chi connectivity index (χ2v) is 7.04. The summed E-state index contributed by atoms with van der Waals surface area (Å²) in [7, 11) is -3.25. The molecule has 0 aliphatic carbocycles. The summed E-state index contributed by atoms with van der Waals surface area (Å²) in [5.41, 5.74) is 0.754. The van der Waals surface area contributed by atoms with Crippen LogP contribution in [0.25, 0.3) is 0 Å². The van der Waals surface area contributed by atoms with Gasteiger partial charge < -0.3 is 5.32 Å². The van der Waals surface area contributed by atoms with Gasteiger partial charge in [-0.15, -0.1) is 0 Å². The Balaban J connectivity index is 2.00. The summed E-state index contributed by atoms with van der Waals surface area (Å²) in [5.74, 6) is 0. The van der Waals surface area contributed by atoms with Crippen LogP contribution < -0.4 is 10.6 Å². The molecule has 0 saturated carbocycles. The Morgan fingerprint density at radius 3 is 2.41 bits per heavy atom. The Labute approximate surface area is 101 Å². The van der Waals surface area contributed by atoms with Crippen molar-refractivity contribution in [3.05, 3.63) is 29.8 Å². The molecule has 92 valence electrons. The quantitative estimate of drug-likeness (QED) is 0.794. The van der Waals surface area contributed by atoms with Crippen LogP contribution in [-0.4, -0.2) is 33.4 Å². The van der Waals surface area contributed by atoms with E-state index in [2.05, 4.69) is 10.6 Å². The van der Waals surface area contributed by atoms with E-state index in [1.807, 2.05) is 19.1 Å². The zero-order chi connectivity index (χ0) is 12.1. The van der Waals surface area contributed by atoms with Gasteiger partial charge in [0, 0.05) is 25.0 Å². The molecule has 2 fully saturated rings. The van der Waals surface area contributed by atoms with Crippen molar-refractivity contribution in [2.45, 2.75) is 17.2 Å². The van der Waals surface area contributed by atoms with Crippen LogP contribution >= 0.6 is 0 Å². The molecule has 1 aromatic carbocycles. The number of hydrogen-bond donors (Lipinski definition) is 2. The topological polar surface area (TPSA) is 58.2 Å². The van der Waals surface area contributed by atoms with E-state index < -0.39 is 15.2 Å². The normalized spacial score (nSPS) is 26.3. The third kappa shape index (κ3) is 1.46. The first-order chi connectivity index (χ1) is 8.06. The van der Waals surface area contributed by atoms with E-state index in [0.717, 1.165) is 25.2 Å². The summed E-state index contributed by atoms with van der Waals surface area (Å²) >= 11 is 0. The molecule has 3 rings (SSSR count). The first-order valence-electron chi connectivity index (χ1n) is 5.80. The van der Waals surface area contributed by atoms with Crippen LogP contribution in [0.15, 0.2) is 29.2 Å². The van der Waals surface area contributed by atoms with E-state index in [-0.39, 0.29) is 5.41 Å². The fourth-order valence-corrected chi connectivity index (χ4v) is 4.92. The molecule has 1 unspecified atom stereocenters. The molecule has 4 nitrogen and oxygen atoms in total. The van der Waals surface area contributed by atoms with Gasteiger partial charge in [-0.2, -0.15) is 0 Å². The molecular formula is C12H16N2O2S. The average Bonchev–Trinajstić information content (AvgIpc) is 2.13. The first-order valence-corrected chi connectivity index (χ1v) is 7.35. The highest BCUT2D eigenvalue weighted by Crippen LogP contribution is 2.39. The van der Waals surface area contributed by atoms with Gasteiger partial charge in [-0.3, -0.25) is 5.32 Å². The Morgan fingerprint density at radius 1 is 1.24 bits per heavy atom. The maximum absolute atomic E-state index is 12.6. The van der Waals surface area contributed by atoms with Crippen LogP contribution in [-0.2, 0) is 9.84 Å². The molecule has 1 spiro atoms.